The van der Waals surface area contributed by atoms with Crippen LogP contribution >= 0.6 is 0 Å². The molecule has 19 heavy (non-hydrogen) atoms. The summed E-state index contributed by atoms with van der Waals surface area (Å²) in [5, 5.41) is 21.5. The van der Waals surface area contributed by atoms with Crippen molar-refractivity contribution in [3.63, 3.8) is 0 Å². The number of hydrogen-bond acceptors (Lipinski definition) is 4. The van der Waals surface area contributed by atoms with Crippen LogP contribution in [0, 0.1) is 5.92 Å². The SMILES string of the molecule is O=C(NCCC(=O)N1C[C@@H](O)[C@@H](O)C1)C1CCCC1. The van der Waals surface area contributed by atoms with Crippen molar-refractivity contribution in [2.45, 2.75) is 44.3 Å². The summed E-state index contributed by atoms with van der Waals surface area (Å²) in [6.45, 7) is 0.685. The van der Waals surface area contributed by atoms with E-state index in [0.717, 1.165) is 25.7 Å². The van der Waals surface area contributed by atoms with E-state index < -0.39 is 12.2 Å². The van der Waals surface area contributed by atoms with Gasteiger partial charge in [-0.2, -0.15) is 0 Å². The highest BCUT2D eigenvalue weighted by molar-refractivity contribution is 5.80. The second-order valence-electron chi connectivity index (χ2n) is 5.46. The first kappa shape index (κ1) is 14.3. The Hall–Kier alpha value is -1.14. The lowest BCUT2D eigenvalue weighted by molar-refractivity contribution is -0.130. The predicted molar refractivity (Wildman–Crippen MR) is 68.2 cm³/mol. The molecule has 2 amide bonds. The monoisotopic (exact) mass is 270 g/mol. The van der Waals surface area contributed by atoms with E-state index in [9.17, 15) is 19.8 Å². The molecule has 1 saturated heterocycles. The van der Waals surface area contributed by atoms with Crippen LogP contribution in [0.4, 0.5) is 0 Å². The molecule has 0 spiro atoms. The van der Waals surface area contributed by atoms with Crippen molar-refractivity contribution < 1.29 is 19.8 Å². The molecule has 6 heteroatoms. The van der Waals surface area contributed by atoms with Gasteiger partial charge in [0, 0.05) is 32.0 Å². The molecular weight excluding hydrogens is 248 g/mol. The van der Waals surface area contributed by atoms with Crippen molar-refractivity contribution in [1.29, 1.82) is 0 Å². The van der Waals surface area contributed by atoms with Crippen LogP contribution in [0.3, 0.4) is 0 Å². The molecule has 1 aliphatic carbocycles. The Bertz CT molecular complexity index is 332. The third-order valence-corrected chi connectivity index (χ3v) is 3.98. The molecule has 108 valence electrons. The van der Waals surface area contributed by atoms with Crippen LogP contribution in [0.25, 0.3) is 0 Å². The Morgan fingerprint density at radius 1 is 1.11 bits per heavy atom. The lowest BCUT2D eigenvalue weighted by Crippen LogP contribution is -2.35. The maximum absolute atomic E-state index is 11.8. The number of aliphatic hydroxyl groups excluding tert-OH is 2. The van der Waals surface area contributed by atoms with E-state index >= 15 is 0 Å². The summed E-state index contributed by atoms with van der Waals surface area (Å²) < 4.78 is 0. The molecule has 0 unspecified atom stereocenters. The second kappa shape index (κ2) is 6.34. The van der Waals surface area contributed by atoms with Crippen LogP contribution in [-0.2, 0) is 9.59 Å². The summed E-state index contributed by atoms with van der Waals surface area (Å²) in [7, 11) is 0. The van der Waals surface area contributed by atoms with Crippen LogP contribution in [0.15, 0.2) is 0 Å². The van der Waals surface area contributed by atoms with Crippen molar-refractivity contribution in [2.75, 3.05) is 19.6 Å². The number of hydrogen-bond donors (Lipinski definition) is 3. The molecule has 1 saturated carbocycles. The number of carbonyl (C=O) groups excluding carboxylic acids is 2. The van der Waals surface area contributed by atoms with Crippen molar-refractivity contribution in [3.05, 3.63) is 0 Å². The zero-order valence-electron chi connectivity index (χ0n) is 11.0. The first-order chi connectivity index (χ1) is 9.08. The minimum atomic E-state index is -0.850. The van der Waals surface area contributed by atoms with Crippen molar-refractivity contribution in [2.24, 2.45) is 5.92 Å². The molecule has 1 heterocycles. The van der Waals surface area contributed by atoms with Gasteiger partial charge in [-0.15, -0.1) is 0 Å². The van der Waals surface area contributed by atoms with Crippen LogP contribution < -0.4 is 5.32 Å². The molecule has 0 aromatic heterocycles. The van der Waals surface area contributed by atoms with Gasteiger partial charge >= 0.3 is 0 Å². The maximum Gasteiger partial charge on any atom is 0.224 e. The molecule has 2 rings (SSSR count). The van der Waals surface area contributed by atoms with Crippen LogP contribution in [0.2, 0.25) is 0 Å². The Balaban J connectivity index is 1.65. The third kappa shape index (κ3) is 3.67. The molecule has 0 aromatic rings. The summed E-state index contributed by atoms with van der Waals surface area (Å²) >= 11 is 0. The van der Waals surface area contributed by atoms with Gasteiger partial charge in [0.05, 0.1) is 12.2 Å². The fourth-order valence-electron chi connectivity index (χ4n) is 2.76. The lowest BCUT2D eigenvalue weighted by Gasteiger charge is -2.16. The van der Waals surface area contributed by atoms with Gasteiger partial charge in [0.1, 0.15) is 0 Å². The summed E-state index contributed by atoms with van der Waals surface area (Å²) in [5.74, 6) is 0.0275. The number of amides is 2. The Labute approximate surface area is 112 Å². The fourth-order valence-corrected chi connectivity index (χ4v) is 2.76. The highest BCUT2D eigenvalue weighted by Gasteiger charge is 2.32. The van der Waals surface area contributed by atoms with E-state index in [-0.39, 0.29) is 37.2 Å². The first-order valence-electron chi connectivity index (χ1n) is 6.99. The van der Waals surface area contributed by atoms with Gasteiger partial charge in [-0.05, 0) is 12.8 Å². The van der Waals surface area contributed by atoms with Gasteiger partial charge in [-0.25, -0.2) is 0 Å². The number of nitrogens with one attached hydrogen (secondary N) is 1. The highest BCUT2D eigenvalue weighted by Crippen LogP contribution is 2.24. The number of rotatable bonds is 4. The van der Waals surface area contributed by atoms with Gasteiger partial charge in [0.25, 0.3) is 0 Å². The zero-order valence-corrected chi connectivity index (χ0v) is 11.0. The van der Waals surface area contributed by atoms with Crippen LogP contribution in [0.1, 0.15) is 32.1 Å². The molecule has 3 N–H and O–H groups in total. The summed E-state index contributed by atoms with van der Waals surface area (Å²) in [6.07, 6.45) is 2.64. The number of carbonyl (C=O) groups is 2. The Morgan fingerprint density at radius 3 is 2.26 bits per heavy atom. The average Bonchev–Trinajstić information content (AvgIpc) is 3.00. The average molecular weight is 270 g/mol. The van der Waals surface area contributed by atoms with Crippen molar-refractivity contribution >= 4 is 11.8 Å². The fraction of sp³-hybridized carbons (Fsp3) is 0.846. The molecule has 2 atom stereocenters. The van der Waals surface area contributed by atoms with E-state index in [4.69, 9.17) is 0 Å². The third-order valence-electron chi connectivity index (χ3n) is 3.98. The van der Waals surface area contributed by atoms with E-state index in [1.165, 1.54) is 4.90 Å². The number of aliphatic hydroxyl groups is 2. The van der Waals surface area contributed by atoms with E-state index in [1.807, 2.05) is 0 Å². The second-order valence-corrected chi connectivity index (χ2v) is 5.46. The molecule has 0 radical (unpaired) electrons. The topological polar surface area (TPSA) is 89.9 Å². The maximum atomic E-state index is 11.8. The van der Waals surface area contributed by atoms with Crippen LogP contribution in [-0.4, -0.2) is 58.8 Å². The quantitative estimate of drug-likeness (QED) is 0.627. The number of β-amino-alcohol motifs (C(OH)–C–C–N with tert-alkyl or cyclic N) is 2. The van der Waals surface area contributed by atoms with Crippen molar-refractivity contribution in [3.8, 4) is 0 Å². The van der Waals surface area contributed by atoms with E-state index in [0.29, 0.717) is 6.54 Å². The summed E-state index contributed by atoms with van der Waals surface area (Å²) in [4.78, 5) is 25.0. The Morgan fingerprint density at radius 2 is 1.68 bits per heavy atom. The molecule has 6 nitrogen and oxygen atoms in total. The minimum Gasteiger partial charge on any atom is -0.388 e. The van der Waals surface area contributed by atoms with Gasteiger partial charge in [0.2, 0.25) is 11.8 Å². The zero-order chi connectivity index (χ0) is 13.8. The highest BCUT2D eigenvalue weighted by atomic mass is 16.3. The van der Waals surface area contributed by atoms with Gasteiger partial charge in [-0.1, -0.05) is 12.8 Å². The number of nitrogens with zero attached hydrogens (tertiary/aromatic N) is 1. The standard InChI is InChI=1S/C13H22N2O4/c16-10-7-15(8-11(10)17)12(18)5-6-14-13(19)9-3-1-2-4-9/h9-11,16-17H,1-8H2,(H,14,19)/t10-,11+. The molecule has 0 aromatic carbocycles. The largest absolute Gasteiger partial charge is 0.388 e. The predicted octanol–water partition coefficient (Wildman–Crippen LogP) is -0.753. The van der Waals surface area contributed by atoms with E-state index in [2.05, 4.69) is 5.32 Å². The smallest absolute Gasteiger partial charge is 0.224 e. The van der Waals surface area contributed by atoms with Gasteiger partial charge in [0.15, 0.2) is 0 Å². The molecule has 0 bridgehead atoms. The molecular formula is C13H22N2O4. The first-order valence-corrected chi connectivity index (χ1v) is 6.99. The van der Waals surface area contributed by atoms with Crippen molar-refractivity contribution in [1.82, 2.24) is 10.2 Å². The number of likely N-dealkylation sites (tertiary alicyclic amines) is 1. The van der Waals surface area contributed by atoms with Gasteiger partial charge < -0.3 is 20.4 Å². The summed E-state index contributed by atoms with van der Waals surface area (Å²) in [6, 6.07) is 0. The lowest BCUT2D eigenvalue weighted by atomic mass is 10.1. The molecule has 2 fully saturated rings. The minimum absolute atomic E-state index is 0.0480. The van der Waals surface area contributed by atoms with E-state index in [1.54, 1.807) is 0 Å². The van der Waals surface area contributed by atoms with Gasteiger partial charge in [-0.3, -0.25) is 9.59 Å². The van der Waals surface area contributed by atoms with Crippen LogP contribution in [0.5, 0.6) is 0 Å². The Kier molecular flexibility index (Phi) is 4.76. The molecule has 2 aliphatic rings. The molecule has 1 aliphatic heterocycles. The summed E-state index contributed by atoms with van der Waals surface area (Å²) in [5.41, 5.74) is 0. The normalized spacial score (nSPS) is 27.8.